The van der Waals surface area contributed by atoms with Crippen molar-refractivity contribution in [3.05, 3.63) is 65.2 Å². The molecule has 1 aliphatic heterocycles. The van der Waals surface area contributed by atoms with Crippen molar-refractivity contribution in [3.8, 4) is 0 Å². The van der Waals surface area contributed by atoms with E-state index >= 15 is 0 Å². The molecule has 1 N–H and O–H groups in total. The molecule has 0 bridgehead atoms. The fraction of sp³-hybridized carbons (Fsp3) is 0.381. The summed E-state index contributed by atoms with van der Waals surface area (Å²) in [7, 11) is 0. The number of rotatable bonds is 4. The van der Waals surface area contributed by atoms with Crippen LogP contribution in [0.4, 0.5) is 5.69 Å². The molecule has 0 radical (unpaired) electrons. The van der Waals surface area contributed by atoms with E-state index in [0.29, 0.717) is 5.56 Å². The molecule has 1 aliphatic rings. The first kappa shape index (κ1) is 16.7. The standard InChI is InChI=1S/C21H26N2O/c1-16-5-11-20(12-6-16)22-21(24)19-9-7-18(8-10-19)15-23-13-3-4-17(2)14-23/h5-12,17H,3-4,13-15H2,1-2H3,(H,22,24). The minimum absolute atomic E-state index is 0.0583. The minimum Gasteiger partial charge on any atom is -0.322 e. The lowest BCUT2D eigenvalue weighted by atomic mass is 9.99. The Bertz CT molecular complexity index is 676. The van der Waals surface area contributed by atoms with Gasteiger partial charge in [0, 0.05) is 24.3 Å². The lowest BCUT2D eigenvalue weighted by molar-refractivity contribution is 0.102. The Labute approximate surface area is 144 Å². The quantitative estimate of drug-likeness (QED) is 0.900. The van der Waals surface area contributed by atoms with Crippen molar-refractivity contribution < 1.29 is 4.79 Å². The van der Waals surface area contributed by atoms with Crippen molar-refractivity contribution in [1.29, 1.82) is 0 Å². The number of anilines is 1. The van der Waals surface area contributed by atoms with Gasteiger partial charge in [0.2, 0.25) is 0 Å². The number of benzene rings is 2. The maximum Gasteiger partial charge on any atom is 0.255 e. The molecule has 1 unspecified atom stereocenters. The molecular formula is C21H26N2O. The second-order valence-electron chi connectivity index (χ2n) is 7.00. The number of hydrogen-bond acceptors (Lipinski definition) is 2. The fourth-order valence-electron chi connectivity index (χ4n) is 3.29. The van der Waals surface area contributed by atoms with E-state index in [1.54, 1.807) is 0 Å². The highest BCUT2D eigenvalue weighted by Gasteiger charge is 2.16. The molecule has 3 nitrogen and oxygen atoms in total. The van der Waals surface area contributed by atoms with Gasteiger partial charge in [0.1, 0.15) is 0 Å². The average molecular weight is 322 g/mol. The van der Waals surface area contributed by atoms with Gasteiger partial charge >= 0.3 is 0 Å². The zero-order valence-corrected chi connectivity index (χ0v) is 14.6. The third-order valence-corrected chi connectivity index (χ3v) is 4.67. The first-order valence-electron chi connectivity index (χ1n) is 8.79. The van der Waals surface area contributed by atoms with Gasteiger partial charge in [0.15, 0.2) is 0 Å². The van der Waals surface area contributed by atoms with Gasteiger partial charge in [0.05, 0.1) is 0 Å². The summed E-state index contributed by atoms with van der Waals surface area (Å²) in [5.74, 6) is 0.732. The largest absolute Gasteiger partial charge is 0.322 e. The summed E-state index contributed by atoms with van der Waals surface area (Å²) in [6.45, 7) is 7.69. The summed E-state index contributed by atoms with van der Waals surface area (Å²) in [6, 6.07) is 15.8. The fourth-order valence-corrected chi connectivity index (χ4v) is 3.29. The Morgan fingerprint density at radius 3 is 2.50 bits per heavy atom. The van der Waals surface area contributed by atoms with Crippen molar-refractivity contribution in [1.82, 2.24) is 4.90 Å². The van der Waals surface area contributed by atoms with E-state index < -0.39 is 0 Å². The van der Waals surface area contributed by atoms with Crippen LogP contribution in [0.25, 0.3) is 0 Å². The highest BCUT2D eigenvalue weighted by atomic mass is 16.1. The van der Waals surface area contributed by atoms with Crippen molar-refractivity contribution in [2.45, 2.75) is 33.2 Å². The average Bonchev–Trinajstić information content (AvgIpc) is 2.57. The van der Waals surface area contributed by atoms with Gasteiger partial charge < -0.3 is 5.32 Å². The summed E-state index contributed by atoms with van der Waals surface area (Å²) in [5.41, 5.74) is 3.99. The van der Waals surface area contributed by atoms with Gasteiger partial charge in [-0.15, -0.1) is 0 Å². The number of aryl methyl sites for hydroxylation is 1. The lowest BCUT2D eigenvalue weighted by Gasteiger charge is -2.30. The molecule has 0 saturated carbocycles. The SMILES string of the molecule is Cc1ccc(NC(=O)c2ccc(CN3CCCC(C)C3)cc2)cc1. The highest BCUT2D eigenvalue weighted by Crippen LogP contribution is 2.18. The summed E-state index contributed by atoms with van der Waals surface area (Å²) in [6.07, 6.45) is 2.63. The first-order valence-corrected chi connectivity index (χ1v) is 8.79. The number of nitrogens with one attached hydrogen (secondary N) is 1. The molecule has 3 heteroatoms. The second kappa shape index (κ2) is 7.63. The molecule has 2 aromatic carbocycles. The molecule has 2 aromatic rings. The van der Waals surface area contributed by atoms with Gasteiger partial charge in [-0.05, 0) is 62.1 Å². The highest BCUT2D eigenvalue weighted by molar-refractivity contribution is 6.04. The van der Waals surface area contributed by atoms with Crippen LogP contribution in [0.5, 0.6) is 0 Å². The molecule has 1 atom stereocenters. The lowest BCUT2D eigenvalue weighted by Crippen LogP contribution is -2.33. The molecule has 24 heavy (non-hydrogen) atoms. The topological polar surface area (TPSA) is 32.3 Å². The van der Waals surface area contributed by atoms with E-state index in [0.717, 1.165) is 18.2 Å². The number of amides is 1. The Hall–Kier alpha value is -2.13. The van der Waals surface area contributed by atoms with Gasteiger partial charge in [-0.25, -0.2) is 0 Å². The molecule has 1 amide bonds. The maximum absolute atomic E-state index is 12.3. The summed E-state index contributed by atoms with van der Waals surface area (Å²) >= 11 is 0. The van der Waals surface area contributed by atoms with Crippen molar-refractivity contribution >= 4 is 11.6 Å². The molecule has 0 aromatic heterocycles. The van der Waals surface area contributed by atoms with Gasteiger partial charge in [-0.2, -0.15) is 0 Å². The number of carbonyl (C=O) groups is 1. The third-order valence-electron chi connectivity index (χ3n) is 4.67. The smallest absolute Gasteiger partial charge is 0.255 e. The molecule has 0 aliphatic carbocycles. The van der Waals surface area contributed by atoms with E-state index in [1.807, 2.05) is 43.3 Å². The molecule has 1 saturated heterocycles. The van der Waals surface area contributed by atoms with Crippen LogP contribution in [0.15, 0.2) is 48.5 Å². The van der Waals surface area contributed by atoms with E-state index in [-0.39, 0.29) is 5.91 Å². The van der Waals surface area contributed by atoms with Crippen molar-refractivity contribution in [3.63, 3.8) is 0 Å². The summed E-state index contributed by atoms with van der Waals surface area (Å²) < 4.78 is 0. The van der Waals surface area contributed by atoms with Crippen LogP contribution in [0.3, 0.4) is 0 Å². The minimum atomic E-state index is -0.0583. The molecule has 126 valence electrons. The molecule has 1 heterocycles. The molecular weight excluding hydrogens is 296 g/mol. The van der Waals surface area contributed by atoms with Crippen LogP contribution >= 0.6 is 0 Å². The van der Waals surface area contributed by atoms with Gasteiger partial charge in [-0.3, -0.25) is 9.69 Å². The van der Waals surface area contributed by atoms with E-state index in [9.17, 15) is 4.79 Å². The molecule has 0 spiro atoms. The third kappa shape index (κ3) is 4.45. The predicted molar refractivity (Wildman–Crippen MR) is 99.2 cm³/mol. The molecule has 1 fully saturated rings. The Morgan fingerprint density at radius 2 is 1.83 bits per heavy atom. The van der Waals surface area contributed by atoms with Crippen LogP contribution in [-0.4, -0.2) is 23.9 Å². The van der Waals surface area contributed by atoms with Crippen LogP contribution in [-0.2, 0) is 6.54 Å². The summed E-state index contributed by atoms with van der Waals surface area (Å²) in [4.78, 5) is 14.8. The number of likely N-dealkylation sites (tertiary alicyclic amines) is 1. The van der Waals surface area contributed by atoms with Crippen molar-refractivity contribution in [2.75, 3.05) is 18.4 Å². The first-order chi connectivity index (χ1) is 11.6. The van der Waals surface area contributed by atoms with Crippen molar-refractivity contribution in [2.24, 2.45) is 5.92 Å². The van der Waals surface area contributed by atoms with Crippen LogP contribution in [0.1, 0.15) is 41.3 Å². The predicted octanol–water partition coefficient (Wildman–Crippen LogP) is 4.48. The maximum atomic E-state index is 12.3. The second-order valence-corrected chi connectivity index (χ2v) is 7.00. The number of carbonyl (C=O) groups excluding carboxylic acids is 1. The number of piperidine rings is 1. The number of hydrogen-bond donors (Lipinski definition) is 1. The monoisotopic (exact) mass is 322 g/mol. The van der Waals surface area contributed by atoms with Crippen LogP contribution in [0, 0.1) is 12.8 Å². The number of nitrogens with zero attached hydrogens (tertiary/aromatic N) is 1. The summed E-state index contributed by atoms with van der Waals surface area (Å²) in [5, 5.41) is 2.94. The normalized spacial score (nSPS) is 18.3. The zero-order valence-electron chi connectivity index (χ0n) is 14.6. The van der Waals surface area contributed by atoms with E-state index in [1.165, 1.54) is 37.1 Å². The zero-order chi connectivity index (χ0) is 16.9. The van der Waals surface area contributed by atoms with E-state index in [4.69, 9.17) is 0 Å². The van der Waals surface area contributed by atoms with Crippen LogP contribution in [0.2, 0.25) is 0 Å². The van der Waals surface area contributed by atoms with E-state index in [2.05, 4.69) is 29.3 Å². The Balaban J connectivity index is 1.59. The van der Waals surface area contributed by atoms with Crippen LogP contribution < -0.4 is 5.32 Å². The Kier molecular flexibility index (Phi) is 5.31. The molecule has 3 rings (SSSR count). The Morgan fingerprint density at radius 1 is 1.12 bits per heavy atom. The van der Waals surface area contributed by atoms with Gasteiger partial charge in [0.25, 0.3) is 5.91 Å². The van der Waals surface area contributed by atoms with Gasteiger partial charge in [-0.1, -0.05) is 36.8 Å².